The maximum absolute atomic E-state index is 13.2. The van der Waals surface area contributed by atoms with Gasteiger partial charge in [-0.3, -0.25) is 14.4 Å². The molecule has 0 atom stereocenters. The van der Waals surface area contributed by atoms with Crippen LogP contribution < -0.4 is 4.74 Å². The van der Waals surface area contributed by atoms with Crippen LogP contribution >= 0.6 is 0 Å². The monoisotopic (exact) mass is 464 g/mol. The van der Waals surface area contributed by atoms with Crippen LogP contribution in [-0.2, 0) is 0 Å². The fraction of sp³-hybridized carbons (Fsp3) is 0.192. The first kappa shape index (κ1) is 23.1. The van der Waals surface area contributed by atoms with Crippen LogP contribution in [0.2, 0.25) is 0 Å². The van der Waals surface area contributed by atoms with E-state index in [1.165, 1.54) is 23.1 Å². The van der Waals surface area contributed by atoms with E-state index in [0.717, 1.165) is 0 Å². The van der Waals surface area contributed by atoms with Gasteiger partial charge in [-0.25, -0.2) is 0 Å². The number of amides is 2. The van der Waals surface area contributed by atoms with Crippen molar-refractivity contribution >= 4 is 17.6 Å². The van der Waals surface area contributed by atoms with Gasteiger partial charge < -0.3 is 14.5 Å². The predicted octanol–water partition coefficient (Wildman–Crippen LogP) is 4.12. The molecule has 174 valence electrons. The maximum atomic E-state index is 13.2. The quantitative estimate of drug-likeness (QED) is 0.515. The van der Waals surface area contributed by atoms with Crippen molar-refractivity contribution in [3.63, 3.8) is 0 Å². The van der Waals surface area contributed by atoms with Crippen molar-refractivity contribution < 1.29 is 27.9 Å². The van der Waals surface area contributed by atoms with Gasteiger partial charge in [0.2, 0.25) is 0 Å². The molecule has 1 aliphatic heterocycles. The highest BCUT2D eigenvalue weighted by Crippen LogP contribution is 2.23. The molecule has 0 saturated carbocycles. The lowest BCUT2D eigenvalue weighted by atomic mass is 9.97. The Morgan fingerprint density at radius 1 is 0.647 bits per heavy atom. The minimum atomic E-state index is -3.04. The van der Waals surface area contributed by atoms with Crippen LogP contribution in [0.3, 0.4) is 0 Å². The van der Waals surface area contributed by atoms with Crippen LogP contribution in [0.25, 0.3) is 0 Å². The third-order valence-corrected chi connectivity index (χ3v) is 5.63. The summed E-state index contributed by atoms with van der Waals surface area (Å²) < 4.78 is 29.8. The van der Waals surface area contributed by atoms with Gasteiger partial charge in [0.15, 0.2) is 5.78 Å². The molecule has 1 saturated heterocycles. The Kier molecular flexibility index (Phi) is 6.96. The number of halogens is 2. The van der Waals surface area contributed by atoms with Crippen molar-refractivity contribution in [2.45, 2.75) is 6.61 Å². The third-order valence-electron chi connectivity index (χ3n) is 5.63. The number of para-hydroxylation sites is 1. The van der Waals surface area contributed by atoms with Crippen molar-refractivity contribution in [2.24, 2.45) is 0 Å². The number of nitrogens with zero attached hydrogens (tertiary/aromatic N) is 2. The number of ether oxygens (including phenoxy) is 1. The molecule has 6 nitrogen and oxygen atoms in total. The minimum absolute atomic E-state index is 0.0429. The summed E-state index contributed by atoms with van der Waals surface area (Å²) in [5.41, 5.74) is 1.14. The number of rotatable bonds is 6. The zero-order valence-electron chi connectivity index (χ0n) is 18.2. The largest absolute Gasteiger partial charge is 0.434 e. The molecular weight excluding hydrogens is 442 g/mol. The van der Waals surface area contributed by atoms with Gasteiger partial charge in [0.25, 0.3) is 11.8 Å². The lowest BCUT2D eigenvalue weighted by Gasteiger charge is -2.35. The lowest BCUT2D eigenvalue weighted by molar-refractivity contribution is -0.0503. The summed E-state index contributed by atoms with van der Waals surface area (Å²) >= 11 is 0. The average Bonchev–Trinajstić information content (AvgIpc) is 2.88. The Bertz CT molecular complexity index is 1190. The van der Waals surface area contributed by atoms with Gasteiger partial charge in [0.05, 0.1) is 11.1 Å². The molecule has 0 spiro atoms. The summed E-state index contributed by atoms with van der Waals surface area (Å²) in [6.07, 6.45) is 0. The fourth-order valence-electron chi connectivity index (χ4n) is 3.91. The van der Waals surface area contributed by atoms with E-state index >= 15 is 0 Å². The van der Waals surface area contributed by atoms with E-state index in [0.29, 0.717) is 16.7 Å². The van der Waals surface area contributed by atoms with Crippen LogP contribution in [-0.4, -0.2) is 60.2 Å². The van der Waals surface area contributed by atoms with E-state index in [1.54, 1.807) is 59.5 Å². The zero-order chi connectivity index (χ0) is 24.1. The first-order valence-electron chi connectivity index (χ1n) is 10.8. The Labute approximate surface area is 195 Å². The number of benzene rings is 3. The Hall–Kier alpha value is -4.07. The second-order valence-electron chi connectivity index (χ2n) is 7.70. The molecule has 8 heteroatoms. The molecule has 2 amide bonds. The molecular formula is C26H22F2N2O4. The average molecular weight is 464 g/mol. The normalized spacial score (nSPS) is 13.6. The number of carbonyl (C=O) groups is 3. The third kappa shape index (κ3) is 4.96. The van der Waals surface area contributed by atoms with E-state index in [9.17, 15) is 23.2 Å². The topological polar surface area (TPSA) is 66.9 Å². The standard InChI is InChI=1S/C26H22F2N2O4/c27-26(28)34-22-13-7-6-12-21(22)25(33)30-16-14-29(15-17-30)24(32)20-11-5-4-10-19(20)23(31)18-8-2-1-3-9-18/h1-13,26H,14-17H2. The molecule has 1 aliphatic rings. The Balaban J connectivity index is 1.46. The first-order chi connectivity index (χ1) is 16.5. The highest BCUT2D eigenvalue weighted by atomic mass is 19.3. The van der Waals surface area contributed by atoms with Crippen molar-refractivity contribution in [3.8, 4) is 5.75 Å². The van der Waals surface area contributed by atoms with E-state index in [2.05, 4.69) is 4.74 Å². The molecule has 0 bridgehead atoms. The molecule has 1 fully saturated rings. The molecule has 0 N–H and O–H groups in total. The van der Waals surface area contributed by atoms with Crippen molar-refractivity contribution in [1.29, 1.82) is 0 Å². The zero-order valence-corrected chi connectivity index (χ0v) is 18.2. The van der Waals surface area contributed by atoms with E-state index < -0.39 is 12.5 Å². The molecule has 3 aromatic carbocycles. The van der Waals surface area contributed by atoms with Gasteiger partial charge >= 0.3 is 6.61 Å². The summed E-state index contributed by atoms with van der Waals surface area (Å²) in [6.45, 7) is -2.10. The summed E-state index contributed by atoms with van der Waals surface area (Å²) in [4.78, 5) is 42.2. The summed E-state index contributed by atoms with van der Waals surface area (Å²) in [5.74, 6) is -1.17. The molecule has 0 aromatic heterocycles. The number of ketones is 1. The van der Waals surface area contributed by atoms with Gasteiger partial charge in [-0.15, -0.1) is 0 Å². The number of carbonyl (C=O) groups excluding carboxylic acids is 3. The van der Waals surface area contributed by atoms with Crippen molar-refractivity contribution in [2.75, 3.05) is 26.2 Å². The van der Waals surface area contributed by atoms with Crippen molar-refractivity contribution in [3.05, 3.63) is 101 Å². The number of alkyl halides is 2. The predicted molar refractivity (Wildman–Crippen MR) is 121 cm³/mol. The molecule has 4 rings (SSSR count). The van der Waals surface area contributed by atoms with Crippen molar-refractivity contribution in [1.82, 2.24) is 9.80 Å². The molecule has 0 radical (unpaired) electrons. The fourth-order valence-corrected chi connectivity index (χ4v) is 3.91. The van der Waals surface area contributed by atoms with Gasteiger partial charge in [0, 0.05) is 37.3 Å². The minimum Gasteiger partial charge on any atom is -0.434 e. The molecule has 1 heterocycles. The maximum Gasteiger partial charge on any atom is 0.387 e. The molecule has 0 unspecified atom stereocenters. The van der Waals surface area contributed by atoms with Gasteiger partial charge in [-0.1, -0.05) is 60.7 Å². The number of hydrogen-bond acceptors (Lipinski definition) is 4. The van der Waals surface area contributed by atoms with Crippen LogP contribution in [0, 0.1) is 0 Å². The lowest BCUT2D eigenvalue weighted by Crippen LogP contribution is -2.50. The summed E-state index contributed by atoms with van der Waals surface area (Å²) in [5, 5.41) is 0. The number of hydrogen-bond donors (Lipinski definition) is 0. The van der Waals surface area contributed by atoms with E-state index in [-0.39, 0.29) is 49.2 Å². The second-order valence-corrected chi connectivity index (χ2v) is 7.70. The smallest absolute Gasteiger partial charge is 0.387 e. The van der Waals surface area contributed by atoms with Crippen LogP contribution in [0.5, 0.6) is 5.75 Å². The highest BCUT2D eigenvalue weighted by molar-refractivity contribution is 6.15. The Morgan fingerprint density at radius 2 is 1.12 bits per heavy atom. The first-order valence-corrected chi connectivity index (χ1v) is 10.8. The Morgan fingerprint density at radius 3 is 1.71 bits per heavy atom. The molecule has 34 heavy (non-hydrogen) atoms. The van der Waals surface area contributed by atoms with Gasteiger partial charge in [-0.05, 0) is 18.2 Å². The van der Waals surface area contributed by atoms with Crippen LogP contribution in [0.1, 0.15) is 36.6 Å². The van der Waals surface area contributed by atoms with E-state index in [4.69, 9.17) is 0 Å². The van der Waals surface area contributed by atoms with Crippen LogP contribution in [0.4, 0.5) is 8.78 Å². The van der Waals surface area contributed by atoms with Crippen LogP contribution in [0.15, 0.2) is 78.9 Å². The molecule has 0 aliphatic carbocycles. The number of piperazine rings is 1. The molecule has 3 aromatic rings. The summed E-state index contributed by atoms with van der Waals surface area (Å²) in [7, 11) is 0. The highest BCUT2D eigenvalue weighted by Gasteiger charge is 2.29. The van der Waals surface area contributed by atoms with Gasteiger partial charge in [0.1, 0.15) is 5.75 Å². The summed E-state index contributed by atoms with van der Waals surface area (Å²) in [6, 6.07) is 21.2. The van der Waals surface area contributed by atoms with Gasteiger partial charge in [-0.2, -0.15) is 8.78 Å². The van der Waals surface area contributed by atoms with E-state index in [1.807, 2.05) is 6.07 Å². The SMILES string of the molecule is O=C(c1ccccc1)c1ccccc1C(=O)N1CCN(C(=O)c2ccccc2OC(F)F)CC1. The second kappa shape index (κ2) is 10.2.